The van der Waals surface area contributed by atoms with E-state index < -0.39 is 16.1 Å². The number of rotatable bonds is 4. The zero-order chi connectivity index (χ0) is 15.7. The molecule has 0 unspecified atom stereocenters. The van der Waals surface area contributed by atoms with Gasteiger partial charge in [0.05, 0.1) is 5.75 Å². The number of aryl methyl sites for hydroxylation is 2. The summed E-state index contributed by atoms with van der Waals surface area (Å²) in [5.74, 6) is -0.0363. The molecule has 3 rings (SSSR count). The summed E-state index contributed by atoms with van der Waals surface area (Å²) in [6, 6.07) is 1.64. The summed E-state index contributed by atoms with van der Waals surface area (Å²) in [5, 5.41) is 2.83. The van der Waals surface area contributed by atoms with Gasteiger partial charge in [-0.3, -0.25) is 0 Å². The molecule has 0 atom stereocenters. The van der Waals surface area contributed by atoms with Gasteiger partial charge in [0.2, 0.25) is 10.0 Å². The van der Waals surface area contributed by atoms with Gasteiger partial charge in [0.15, 0.2) is 0 Å². The van der Waals surface area contributed by atoms with Crippen LogP contribution in [0.4, 0.5) is 10.5 Å². The van der Waals surface area contributed by atoms with Gasteiger partial charge in [0.1, 0.15) is 0 Å². The summed E-state index contributed by atoms with van der Waals surface area (Å²) in [7, 11) is -3.54. The van der Waals surface area contributed by atoms with Crippen LogP contribution >= 0.6 is 0 Å². The lowest BCUT2D eigenvalue weighted by atomic mass is 9.99. The molecule has 0 heterocycles. The van der Waals surface area contributed by atoms with Gasteiger partial charge < -0.3 is 5.32 Å². The van der Waals surface area contributed by atoms with Crippen LogP contribution < -0.4 is 10.0 Å². The average molecular weight is 322 g/mol. The van der Waals surface area contributed by atoms with Gasteiger partial charge in [0.25, 0.3) is 0 Å². The Hall–Kier alpha value is -1.56. The second-order valence-corrected chi connectivity index (χ2v) is 7.95. The first kappa shape index (κ1) is 15.3. The average Bonchev–Trinajstić information content (AvgIpc) is 3.05. The number of hydrogen-bond acceptors (Lipinski definition) is 3. The number of fused-ring (bicyclic) bond motifs is 2. The van der Waals surface area contributed by atoms with Crippen LogP contribution in [0.3, 0.4) is 0 Å². The molecule has 0 spiro atoms. The molecule has 2 aliphatic carbocycles. The van der Waals surface area contributed by atoms with E-state index in [-0.39, 0.29) is 5.75 Å². The van der Waals surface area contributed by atoms with Crippen LogP contribution in [0, 0.1) is 0 Å². The first-order chi connectivity index (χ1) is 10.5. The van der Waals surface area contributed by atoms with Crippen molar-refractivity contribution in [2.24, 2.45) is 0 Å². The second kappa shape index (κ2) is 5.91. The molecular weight excluding hydrogens is 300 g/mol. The Kier molecular flexibility index (Phi) is 4.12. The van der Waals surface area contributed by atoms with E-state index in [9.17, 15) is 13.2 Å². The Balaban J connectivity index is 1.85. The van der Waals surface area contributed by atoms with Gasteiger partial charge in [-0.15, -0.1) is 0 Å². The highest BCUT2D eigenvalue weighted by Gasteiger charge is 2.25. The minimum atomic E-state index is -3.54. The lowest BCUT2D eigenvalue weighted by Gasteiger charge is -2.16. The van der Waals surface area contributed by atoms with E-state index in [4.69, 9.17) is 0 Å². The van der Waals surface area contributed by atoms with Crippen molar-refractivity contribution < 1.29 is 13.2 Å². The maximum absolute atomic E-state index is 12.1. The number of anilines is 1. The van der Waals surface area contributed by atoms with Gasteiger partial charge in [-0.05, 0) is 67.2 Å². The third kappa shape index (κ3) is 2.97. The van der Waals surface area contributed by atoms with Crippen molar-refractivity contribution >= 4 is 21.7 Å². The van der Waals surface area contributed by atoms with Gasteiger partial charge in [-0.25, -0.2) is 17.9 Å². The minimum absolute atomic E-state index is 0.0363. The molecule has 2 amide bonds. The number of urea groups is 1. The maximum Gasteiger partial charge on any atom is 0.332 e. The molecule has 2 N–H and O–H groups in total. The van der Waals surface area contributed by atoms with E-state index in [0.717, 1.165) is 44.2 Å². The predicted molar refractivity (Wildman–Crippen MR) is 86.7 cm³/mol. The zero-order valence-electron chi connectivity index (χ0n) is 12.9. The van der Waals surface area contributed by atoms with E-state index in [1.165, 1.54) is 22.3 Å². The maximum atomic E-state index is 12.1. The fourth-order valence-corrected chi connectivity index (χ4v) is 4.54. The predicted octanol–water partition coefficient (Wildman–Crippen LogP) is 2.53. The summed E-state index contributed by atoms with van der Waals surface area (Å²) in [4.78, 5) is 12.1. The molecule has 22 heavy (non-hydrogen) atoms. The summed E-state index contributed by atoms with van der Waals surface area (Å²) >= 11 is 0. The van der Waals surface area contributed by atoms with Crippen molar-refractivity contribution in [2.75, 3.05) is 11.1 Å². The highest BCUT2D eigenvalue weighted by Crippen LogP contribution is 2.38. The third-order valence-electron chi connectivity index (χ3n) is 4.43. The highest BCUT2D eigenvalue weighted by atomic mass is 32.2. The van der Waals surface area contributed by atoms with E-state index in [1.54, 1.807) is 6.92 Å². The monoisotopic (exact) mass is 322 g/mol. The molecule has 1 aromatic rings. The van der Waals surface area contributed by atoms with Crippen molar-refractivity contribution in [1.82, 2.24) is 4.72 Å². The molecule has 120 valence electrons. The Morgan fingerprint density at radius 3 is 2.23 bits per heavy atom. The molecule has 0 radical (unpaired) electrons. The number of carbonyl (C=O) groups excluding carboxylic acids is 1. The van der Waals surface area contributed by atoms with E-state index in [0.29, 0.717) is 6.42 Å². The first-order valence-electron chi connectivity index (χ1n) is 7.98. The molecule has 0 aliphatic heterocycles. The standard InChI is InChI=1S/C16H22N2O3S/c1-2-9-22(20,21)18-16(19)17-15-13-7-3-5-11(13)10-12-6-4-8-14(12)15/h10H,2-9H2,1H3,(H2,17,18,19). The van der Waals surface area contributed by atoms with Crippen LogP contribution in [0.2, 0.25) is 0 Å². The molecule has 0 bridgehead atoms. The Bertz CT molecular complexity index is 678. The van der Waals surface area contributed by atoms with Crippen LogP contribution in [-0.2, 0) is 35.7 Å². The highest BCUT2D eigenvalue weighted by molar-refractivity contribution is 7.90. The van der Waals surface area contributed by atoms with Gasteiger partial charge in [-0.2, -0.15) is 0 Å². The van der Waals surface area contributed by atoms with Crippen LogP contribution in [0.15, 0.2) is 6.07 Å². The fourth-order valence-electron chi connectivity index (χ4n) is 3.57. The molecule has 6 heteroatoms. The first-order valence-corrected chi connectivity index (χ1v) is 9.63. The van der Waals surface area contributed by atoms with E-state index in [1.807, 2.05) is 0 Å². The zero-order valence-corrected chi connectivity index (χ0v) is 13.7. The van der Waals surface area contributed by atoms with Gasteiger partial charge in [-0.1, -0.05) is 13.0 Å². The SMILES string of the molecule is CCCS(=O)(=O)NC(=O)Nc1c2c(cc3c1CCC3)CCC2. The largest absolute Gasteiger partial charge is 0.332 e. The number of sulfonamides is 1. The molecular formula is C16H22N2O3S. The topological polar surface area (TPSA) is 75.3 Å². The lowest BCUT2D eigenvalue weighted by Crippen LogP contribution is -2.36. The summed E-state index contributed by atoms with van der Waals surface area (Å²) in [6.45, 7) is 1.77. The third-order valence-corrected chi connectivity index (χ3v) is 5.87. The number of nitrogens with one attached hydrogen (secondary N) is 2. The smallest absolute Gasteiger partial charge is 0.307 e. The van der Waals surface area contributed by atoms with Gasteiger partial charge >= 0.3 is 6.03 Å². The Morgan fingerprint density at radius 1 is 1.09 bits per heavy atom. The second-order valence-electron chi connectivity index (χ2n) is 6.11. The molecule has 0 fully saturated rings. The van der Waals surface area contributed by atoms with Crippen molar-refractivity contribution in [1.29, 1.82) is 0 Å². The lowest BCUT2D eigenvalue weighted by molar-refractivity contribution is 0.256. The van der Waals surface area contributed by atoms with Gasteiger partial charge in [0, 0.05) is 5.69 Å². The fraction of sp³-hybridized carbons (Fsp3) is 0.562. The van der Waals surface area contributed by atoms with E-state index >= 15 is 0 Å². The molecule has 1 aromatic carbocycles. The summed E-state index contributed by atoms with van der Waals surface area (Å²) < 4.78 is 25.6. The number of amides is 2. The van der Waals surface area contributed by atoms with Crippen LogP contribution in [-0.4, -0.2) is 20.2 Å². The van der Waals surface area contributed by atoms with Crippen molar-refractivity contribution in [3.8, 4) is 0 Å². The molecule has 0 saturated heterocycles. The van der Waals surface area contributed by atoms with Crippen molar-refractivity contribution in [3.63, 3.8) is 0 Å². The number of hydrogen-bond donors (Lipinski definition) is 2. The van der Waals surface area contributed by atoms with Crippen LogP contribution in [0.1, 0.15) is 48.4 Å². The number of carbonyl (C=O) groups is 1. The minimum Gasteiger partial charge on any atom is -0.307 e. The normalized spacial score (nSPS) is 16.2. The summed E-state index contributed by atoms with van der Waals surface area (Å²) in [5.41, 5.74) is 5.89. The molecule has 0 saturated carbocycles. The molecule has 0 aromatic heterocycles. The van der Waals surface area contributed by atoms with Crippen molar-refractivity contribution in [2.45, 2.75) is 51.9 Å². The quantitative estimate of drug-likeness (QED) is 0.894. The Labute approximate surface area is 131 Å². The van der Waals surface area contributed by atoms with Crippen LogP contribution in [0.5, 0.6) is 0 Å². The van der Waals surface area contributed by atoms with Crippen molar-refractivity contribution in [3.05, 3.63) is 28.3 Å². The molecule has 5 nitrogen and oxygen atoms in total. The Morgan fingerprint density at radius 2 is 1.68 bits per heavy atom. The molecule has 2 aliphatic rings. The van der Waals surface area contributed by atoms with E-state index in [2.05, 4.69) is 16.1 Å². The summed E-state index contributed by atoms with van der Waals surface area (Å²) in [6.07, 6.45) is 6.70. The number of benzene rings is 1. The van der Waals surface area contributed by atoms with Crippen LogP contribution in [0.25, 0.3) is 0 Å².